The van der Waals surface area contributed by atoms with E-state index in [0.29, 0.717) is 6.61 Å². The van der Waals surface area contributed by atoms with Gasteiger partial charge in [0.1, 0.15) is 5.01 Å². The van der Waals surface area contributed by atoms with Crippen LogP contribution in [-0.2, 0) is 4.74 Å². The molecule has 1 aromatic carbocycles. The van der Waals surface area contributed by atoms with Gasteiger partial charge in [0.2, 0.25) is 0 Å². The highest BCUT2D eigenvalue weighted by Crippen LogP contribution is 2.26. The van der Waals surface area contributed by atoms with Crippen LogP contribution in [0.2, 0.25) is 0 Å². The van der Waals surface area contributed by atoms with Gasteiger partial charge in [-0.3, -0.25) is 4.98 Å². The lowest BCUT2D eigenvalue weighted by atomic mass is 10.0. The summed E-state index contributed by atoms with van der Waals surface area (Å²) < 4.78 is 5.13. The standard InChI is InChI=1S/C16H17N3OS/c1-20-9-7-18-15(16-19-8-10-21-16)13-4-5-14-12(11-13)3-2-6-17-14/h2-6,8,10-11,15,18H,7,9H2,1H3. The summed E-state index contributed by atoms with van der Waals surface area (Å²) in [6.07, 6.45) is 3.66. The average molecular weight is 299 g/mol. The molecule has 21 heavy (non-hydrogen) atoms. The van der Waals surface area contributed by atoms with Crippen LogP contribution in [0.5, 0.6) is 0 Å². The van der Waals surface area contributed by atoms with E-state index in [1.165, 1.54) is 5.56 Å². The Kier molecular flexibility index (Phi) is 4.55. The van der Waals surface area contributed by atoms with Crippen LogP contribution in [0, 0.1) is 0 Å². The third-order valence-corrected chi connectivity index (χ3v) is 4.15. The Morgan fingerprint density at radius 2 is 2.19 bits per heavy atom. The minimum Gasteiger partial charge on any atom is -0.383 e. The SMILES string of the molecule is COCCNC(c1ccc2ncccc2c1)c1nccs1. The second-order valence-electron chi connectivity index (χ2n) is 4.71. The smallest absolute Gasteiger partial charge is 0.114 e. The highest BCUT2D eigenvalue weighted by molar-refractivity contribution is 7.09. The number of ether oxygens (including phenoxy) is 1. The van der Waals surface area contributed by atoms with E-state index in [9.17, 15) is 0 Å². The van der Waals surface area contributed by atoms with E-state index in [0.717, 1.165) is 22.5 Å². The van der Waals surface area contributed by atoms with Gasteiger partial charge in [0.25, 0.3) is 0 Å². The molecule has 1 N–H and O–H groups in total. The van der Waals surface area contributed by atoms with Crippen LogP contribution in [0.15, 0.2) is 48.1 Å². The van der Waals surface area contributed by atoms with Crippen molar-refractivity contribution in [2.75, 3.05) is 20.3 Å². The molecule has 0 aliphatic rings. The lowest BCUT2D eigenvalue weighted by molar-refractivity contribution is 0.197. The van der Waals surface area contributed by atoms with Crippen molar-refractivity contribution >= 4 is 22.2 Å². The molecule has 1 atom stereocenters. The Balaban J connectivity index is 1.93. The van der Waals surface area contributed by atoms with Gasteiger partial charge in [0, 0.05) is 36.8 Å². The summed E-state index contributed by atoms with van der Waals surface area (Å²) in [6.45, 7) is 1.46. The first-order valence-corrected chi connectivity index (χ1v) is 7.73. The topological polar surface area (TPSA) is 47.0 Å². The largest absolute Gasteiger partial charge is 0.383 e. The number of nitrogens with one attached hydrogen (secondary N) is 1. The van der Waals surface area contributed by atoms with Crippen LogP contribution in [0.25, 0.3) is 10.9 Å². The van der Waals surface area contributed by atoms with Crippen molar-refractivity contribution in [2.24, 2.45) is 0 Å². The molecule has 3 rings (SSSR count). The van der Waals surface area contributed by atoms with Gasteiger partial charge in [0.05, 0.1) is 18.2 Å². The third-order valence-electron chi connectivity index (χ3n) is 3.31. The van der Waals surface area contributed by atoms with Crippen molar-refractivity contribution in [1.29, 1.82) is 0 Å². The van der Waals surface area contributed by atoms with Crippen molar-refractivity contribution in [3.05, 3.63) is 58.7 Å². The maximum absolute atomic E-state index is 5.13. The fraction of sp³-hybridized carbons (Fsp3) is 0.250. The van der Waals surface area contributed by atoms with Gasteiger partial charge in [-0.2, -0.15) is 0 Å². The van der Waals surface area contributed by atoms with E-state index in [-0.39, 0.29) is 6.04 Å². The highest BCUT2D eigenvalue weighted by Gasteiger charge is 2.16. The predicted molar refractivity (Wildman–Crippen MR) is 85.6 cm³/mol. The van der Waals surface area contributed by atoms with Gasteiger partial charge in [-0.1, -0.05) is 12.1 Å². The molecule has 3 aromatic rings. The van der Waals surface area contributed by atoms with Crippen molar-refractivity contribution in [1.82, 2.24) is 15.3 Å². The monoisotopic (exact) mass is 299 g/mol. The van der Waals surface area contributed by atoms with Gasteiger partial charge in [-0.25, -0.2) is 4.98 Å². The van der Waals surface area contributed by atoms with Crippen LogP contribution < -0.4 is 5.32 Å². The van der Waals surface area contributed by atoms with Gasteiger partial charge in [0.15, 0.2) is 0 Å². The summed E-state index contributed by atoms with van der Waals surface area (Å²) >= 11 is 1.66. The first-order chi connectivity index (χ1) is 10.4. The van der Waals surface area contributed by atoms with Crippen molar-refractivity contribution in [2.45, 2.75) is 6.04 Å². The Morgan fingerprint density at radius 1 is 1.24 bits per heavy atom. The van der Waals surface area contributed by atoms with Crippen LogP contribution in [-0.4, -0.2) is 30.2 Å². The van der Waals surface area contributed by atoms with Crippen LogP contribution in [0.3, 0.4) is 0 Å². The minimum absolute atomic E-state index is 0.0877. The molecule has 0 fully saturated rings. The zero-order valence-electron chi connectivity index (χ0n) is 11.8. The summed E-state index contributed by atoms with van der Waals surface area (Å²) in [5.74, 6) is 0. The number of thiazole rings is 1. The molecular formula is C16H17N3OS. The molecule has 108 valence electrons. The summed E-state index contributed by atoms with van der Waals surface area (Å²) in [5, 5.41) is 7.72. The Labute approximate surface area is 127 Å². The van der Waals surface area contributed by atoms with E-state index in [4.69, 9.17) is 4.74 Å². The summed E-state index contributed by atoms with van der Waals surface area (Å²) in [7, 11) is 1.71. The first kappa shape index (κ1) is 14.1. The van der Waals surface area contributed by atoms with Crippen molar-refractivity contribution in [3.63, 3.8) is 0 Å². The molecule has 0 aliphatic carbocycles. The number of nitrogens with zero attached hydrogens (tertiary/aromatic N) is 2. The quantitative estimate of drug-likeness (QED) is 0.711. The Morgan fingerprint density at radius 3 is 3.00 bits per heavy atom. The number of methoxy groups -OCH3 is 1. The molecule has 0 radical (unpaired) electrons. The molecule has 0 amide bonds. The van der Waals surface area contributed by atoms with Crippen LogP contribution in [0.1, 0.15) is 16.6 Å². The van der Waals surface area contributed by atoms with Gasteiger partial charge >= 0.3 is 0 Å². The first-order valence-electron chi connectivity index (χ1n) is 6.85. The van der Waals surface area contributed by atoms with Crippen molar-refractivity contribution in [3.8, 4) is 0 Å². The molecule has 4 nitrogen and oxygen atoms in total. The summed E-state index contributed by atoms with van der Waals surface area (Å²) in [5.41, 5.74) is 2.21. The summed E-state index contributed by atoms with van der Waals surface area (Å²) in [6, 6.07) is 10.5. The Bertz CT molecular complexity index is 700. The third kappa shape index (κ3) is 3.26. The number of fused-ring (bicyclic) bond motifs is 1. The zero-order chi connectivity index (χ0) is 14.5. The molecule has 0 aliphatic heterocycles. The second-order valence-corrected chi connectivity index (χ2v) is 5.63. The molecule has 5 heteroatoms. The van der Waals surface area contributed by atoms with E-state index >= 15 is 0 Å². The second kappa shape index (κ2) is 6.76. The molecular weight excluding hydrogens is 282 g/mol. The van der Waals surface area contributed by atoms with Gasteiger partial charge < -0.3 is 10.1 Å². The molecule has 0 saturated carbocycles. The normalized spacial score (nSPS) is 12.6. The molecule has 0 spiro atoms. The highest BCUT2D eigenvalue weighted by atomic mass is 32.1. The number of pyridine rings is 1. The lowest BCUT2D eigenvalue weighted by Gasteiger charge is -2.17. The average Bonchev–Trinajstić information content (AvgIpc) is 3.05. The number of rotatable bonds is 6. The maximum Gasteiger partial charge on any atom is 0.114 e. The minimum atomic E-state index is 0.0877. The van der Waals surface area contributed by atoms with E-state index < -0.39 is 0 Å². The molecule has 1 unspecified atom stereocenters. The summed E-state index contributed by atoms with van der Waals surface area (Å²) in [4.78, 5) is 8.82. The fourth-order valence-electron chi connectivity index (χ4n) is 2.30. The van der Waals surface area contributed by atoms with Gasteiger partial charge in [-0.05, 0) is 23.8 Å². The van der Waals surface area contributed by atoms with Crippen molar-refractivity contribution < 1.29 is 4.74 Å². The zero-order valence-corrected chi connectivity index (χ0v) is 12.6. The van der Waals surface area contributed by atoms with E-state index in [1.807, 2.05) is 23.8 Å². The predicted octanol–water partition coefficient (Wildman–Crippen LogP) is 3.02. The molecule has 0 bridgehead atoms. The number of aromatic nitrogens is 2. The fourth-order valence-corrected chi connectivity index (χ4v) is 3.04. The van der Waals surface area contributed by atoms with Crippen LogP contribution in [0.4, 0.5) is 0 Å². The molecule has 2 aromatic heterocycles. The lowest BCUT2D eigenvalue weighted by Crippen LogP contribution is -2.25. The number of hydrogen-bond donors (Lipinski definition) is 1. The molecule has 0 saturated heterocycles. The van der Waals surface area contributed by atoms with Gasteiger partial charge in [-0.15, -0.1) is 11.3 Å². The number of hydrogen-bond acceptors (Lipinski definition) is 5. The van der Waals surface area contributed by atoms with E-state index in [1.54, 1.807) is 18.4 Å². The maximum atomic E-state index is 5.13. The molecule has 2 heterocycles. The number of benzene rings is 1. The Hall–Kier alpha value is -1.82. The van der Waals surface area contributed by atoms with E-state index in [2.05, 4.69) is 39.6 Å². The van der Waals surface area contributed by atoms with Crippen LogP contribution >= 0.6 is 11.3 Å².